The van der Waals surface area contributed by atoms with Crippen molar-refractivity contribution < 1.29 is 4.79 Å². The van der Waals surface area contributed by atoms with E-state index in [1.54, 1.807) is 0 Å². The van der Waals surface area contributed by atoms with Gasteiger partial charge >= 0.3 is 6.03 Å². The van der Waals surface area contributed by atoms with Crippen LogP contribution in [-0.4, -0.2) is 12.6 Å². The summed E-state index contributed by atoms with van der Waals surface area (Å²) in [5.41, 5.74) is 6.91. The summed E-state index contributed by atoms with van der Waals surface area (Å²) in [6, 6.07) is 7.35. The van der Waals surface area contributed by atoms with Crippen molar-refractivity contribution in [3.63, 3.8) is 0 Å². The monoisotopic (exact) mass is 233 g/mol. The zero-order valence-corrected chi connectivity index (χ0v) is 10.1. The molecule has 0 radical (unpaired) electrons. The van der Waals surface area contributed by atoms with E-state index < -0.39 is 6.03 Å². The number of nitrogens with two attached hydrogens (primary N) is 1. The van der Waals surface area contributed by atoms with Gasteiger partial charge in [0, 0.05) is 11.7 Å². The number of anilines is 1. The summed E-state index contributed by atoms with van der Waals surface area (Å²) in [5.74, 6) is 0. The van der Waals surface area contributed by atoms with Gasteiger partial charge in [0.05, 0.1) is 0 Å². The molecule has 4 nitrogen and oxygen atoms in total. The number of primary amides is 1. The molecule has 0 bridgehead atoms. The Morgan fingerprint density at radius 3 is 2.65 bits per heavy atom. The van der Waals surface area contributed by atoms with Gasteiger partial charge in [0.25, 0.3) is 0 Å². The van der Waals surface area contributed by atoms with Gasteiger partial charge in [-0.1, -0.05) is 18.2 Å². The topological polar surface area (TPSA) is 67.2 Å². The zero-order chi connectivity index (χ0) is 12.7. The van der Waals surface area contributed by atoms with Crippen molar-refractivity contribution in [2.75, 3.05) is 11.9 Å². The van der Waals surface area contributed by atoms with Crippen LogP contribution in [0.3, 0.4) is 0 Å². The molecule has 0 saturated heterocycles. The first-order valence-electron chi connectivity index (χ1n) is 5.64. The van der Waals surface area contributed by atoms with Gasteiger partial charge in [-0.25, -0.2) is 4.79 Å². The lowest BCUT2D eigenvalue weighted by Crippen LogP contribution is -2.20. The molecule has 4 heteroatoms. The number of carbonyl (C=O) groups is 1. The maximum Gasteiger partial charge on any atom is 0.316 e. The van der Waals surface area contributed by atoms with Crippen LogP contribution >= 0.6 is 0 Å². The normalized spacial score (nSPS) is 11.8. The Morgan fingerprint density at radius 2 is 2.12 bits per heavy atom. The molecule has 1 atom stereocenters. The predicted molar refractivity (Wildman–Crippen MR) is 70.9 cm³/mol. The number of hydrogen-bond acceptors (Lipinski definition) is 2. The van der Waals surface area contributed by atoms with Gasteiger partial charge in [-0.2, -0.15) is 0 Å². The van der Waals surface area contributed by atoms with Crippen LogP contribution in [0.1, 0.15) is 24.9 Å². The van der Waals surface area contributed by atoms with Crippen LogP contribution < -0.4 is 16.4 Å². The van der Waals surface area contributed by atoms with E-state index in [0.717, 1.165) is 13.0 Å². The molecule has 0 fully saturated rings. The second kappa shape index (κ2) is 6.70. The average molecular weight is 233 g/mol. The third kappa shape index (κ3) is 4.70. The molecule has 4 N–H and O–H groups in total. The summed E-state index contributed by atoms with van der Waals surface area (Å²) in [6.45, 7) is 6.68. The second-order valence-electron chi connectivity index (χ2n) is 3.86. The van der Waals surface area contributed by atoms with Crippen molar-refractivity contribution in [1.82, 2.24) is 5.32 Å². The molecule has 17 heavy (non-hydrogen) atoms. The van der Waals surface area contributed by atoms with Gasteiger partial charge in [0.15, 0.2) is 0 Å². The molecule has 2 amide bonds. The first-order chi connectivity index (χ1) is 8.13. The van der Waals surface area contributed by atoms with Crippen LogP contribution in [0.25, 0.3) is 0 Å². The fraction of sp³-hybridized carbons (Fsp3) is 0.308. The Kier molecular flexibility index (Phi) is 5.23. The van der Waals surface area contributed by atoms with Gasteiger partial charge in [-0.05, 0) is 37.6 Å². The van der Waals surface area contributed by atoms with E-state index in [0.29, 0.717) is 5.69 Å². The number of nitrogens with one attached hydrogen (secondary N) is 2. The molecule has 92 valence electrons. The third-order valence-electron chi connectivity index (χ3n) is 2.48. The first-order valence-corrected chi connectivity index (χ1v) is 5.64. The summed E-state index contributed by atoms with van der Waals surface area (Å²) in [4.78, 5) is 10.7. The lowest BCUT2D eigenvalue weighted by atomic mass is 10.1. The molecule has 0 aliphatic heterocycles. The molecule has 0 aliphatic carbocycles. The second-order valence-corrected chi connectivity index (χ2v) is 3.86. The first kappa shape index (κ1) is 13.3. The number of carbonyl (C=O) groups excluding carboxylic acids is 1. The van der Waals surface area contributed by atoms with Gasteiger partial charge in [-0.15, -0.1) is 6.58 Å². The van der Waals surface area contributed by atoms with Gasteiger partial charge < -0.3 is 16.4 Å². The quantitative estimate of drug-likeness (QED) is 0.521. The van der Waals surface area contributed by atoms with E-state index >= 15 is 0 Å². The number of urea groups is 1. The summed E-state index contributed by atoms with van der Waals surface area (Å²) < 4.78 is 0. The summed E-state index contributed by atoms with van der Waals surface area (Å²) in [6.07, 6.45) is 2.84. The molecule has 0 saturated carbocycles. The van der Waals surface area contributed by atoms with Crippen molar-refractivity contribution in [2.24, 2.45) is 5.73 Å². The van der Waals surface area contributed by atoms with Crippen molar-refractivity contribution in [3.8, 4) is 0 Å². The van der Waals surface area contributed by atoms with Gasteiger partial charge in [0.1, 0.15) is 0 Å². The van der Waals surface area contributed by atoms with Gasteiger partial charge in [0.2, 0.25) is 0 Å². The van der Waals surface area contributed by atoms with Crippen molar-refractivity contribution in [1.29, 1.82) is 0 Å². The summed E-state index contributed by atoms with van der Waals surface area (Å²) in [7, 11) is 0. The smallest absolute Gasteiger partial charge is 0.316 e. The summed E-state index contributed by atoms with van der Waals surface area (Å²) in [5, 5.41) is 5.91. The Morgan fingerprint density at radius 1 is 1.47 bits per heavy atom. The fourth-order valence-corrected chi connectivity index (χ4v) is 1.52. The lowest BCUT2D eigenvalue weighted by Gasteiger charge is -2.14. The highest BCUT2D eigenvalue weighted by molar-refractivity contribution is 5.87. The van der Waals surface area contributed by atoms with Crippen LogP contribution in [0, 0.1) is 0 Å². The largest absolute Gasteiger partial charge is 0.351 e. The van der Waals surface area contributed by atoms with Crippen molar-refractivity contribution in [2.45, 2.75) is 19.4 Å². The standard InChI is InChI=1S/C13H19N3O/c1-3-4-9-15-10(2)11-5-7-12(8-6-11)16-13(14)17/h3,5-8,10,15H,1,4,9H2,2H3,(H3,14,16,17). The number of rotatable bonds is 6. The van der Waals surface area contributed by atoms with Crippen LogP contribution in [0.4, 0.5) is 10.5 Å². The minimum atomic E-state index is -0.546. The molecule has 0 aliphatic rings. The molecule has 0 heterocycles. The molecule has 1 aromatic carbocycles. The fourth-order valence-electron chi connectivity index (χ4n) is 1.52. The molecular formula is C13H19N3O. The van der Waals surface area contributed by atoms with Crippen LogP contribution in [0.15, 0.2) is 36.9 Å². The minimum Gasteiger partial charge on any atom is -0.351 e. The lowest BCUT2D eigenvalue weighted by molar-refractivity contribution is 0.259. The zero-order valence-electron chi connectivity index (χ0n) is 10.1. The Hall–Kier alpha value is -1.81. The highest BCUT2D eigenvalue weighted by Crippen LogP contribution is 2.15. The minimum absolute atomic E-state index is 0.276. The van der Waals surface area contributed by atoms with Crippen LogP contribution in [-0.2, 0) is 0 Å². The van der Waals surface area contributed by atoms with Crippen LogP contribution in [0.5, 0.6) is 0 Å². The van der Waals surface area contributed by atoms with E-state index in [2.05, 4.69) is 24.1 Å². The van der Waals surface area contributed by atoms with Crippen LogP contribution in [0.2, 0.25) is 0 Å². The predicted octanol–water partition coefficient (Wildman–Crippen LogP) is 2.40. The maximum absolute atomic E-state index is 10.7. The average Bonchev–Trinajstić information content (AvgIpc) is 2.29. The Labute approximate surface area is 102 Å². The number of hydrogen-bond donors (Lipinski definition) is 3. The molecule has 0 spiro atoms. The molecule has 1 unspecified atom stereocenters. The highest BCUT2D eigenvalue weighted by atomic mass is 16.2. The van der Waals surface area contributed by atoms with E-state index in [-0.39, 0.29) is 6.04 Å². The molecular weight excluding hydrogens is 214 g/mol. The summed E-state index contributed by atoms with van der Waals surface area (Å²) >= 11 is 0. The third-order valence-corrected chi connectivity index (χ3v) is 2.48. The van der Waals surface area contributed by atoms with E-state index in [1.165, 1.54) is 5.56 Å². The Bertz CT molecular complexity index is 373. The van der Waals surface area contributed by atoms with E-state index in [1.807, 2.05) is 30.3 Å². The van der Waals surface area contributed by atoms with E-state index in [9.17, 15) is 4.79 Å². The molecule has 1 rings (SSSR count). The van der Waals surface area contributed by atoms with Gasteiger partial charge in [-0.3, -0.25) is 0 Å². The van der Waals surface area contributed by atoms with Crippen molar-refractivity contribution >= 4 is 11.7 Å². The number of benzene rings is 1. The van der Waals surface area contributed by atoms with E-state index in [4.69, 9.17) is 5.73 Å². The Balaban J connectivity index is 2.54. The molecule has 1 aromatic rings. The SMILES string of the molecule is C=CCCNC(C)c1ccc(NC(N)=O)cc1. The van der Waals surface area contributed by atoms with Crippen molar-refractivity contribution in [3.05, 3.63) is 42.5 Å². The number of amides is 2. The highest BCUT2D eigenvalue weighted by Gasteiger charge is 2.04. The molecule has 0 aromatic heterocycles. The maximum atomic E-state index is 10.7.